The summed E-state index contributed by atoms with van der Waals surface area (Å²) in [5, 5.41) is 13.9. The molecule has 0 heterocycles. The van der Waals surface area contributed by atoms with Gasteiger partial charge >= 0.3 is 0 Å². The maximum atomic E-state index is 10.7. The minimum atomic E-state index is -0.393. The van der Waals surface area contributed by atoms with Gasteiger partial charge in [-0.05, 0) is 59.0 Å². The van der Waals surface area contributed by atoms with Gasteiger partial charge in [-0.25, -0.2) is 0 Å². The smallest absolute Gasteiger partial charge is 0.282 e. The fourth-order valence-corrected chi connectivity index (χ4v) is 2.41. The Morgan fingerprint density at radius 3 is 2.57 bits per heavy atom. The van der Waals surface area contributed by atoms with Crippen LogP contribution >= 0.6 is 22.6 Å². The monoisotopic (exact) mass is 399 g/mol. The summed E-state index contributed by atoms with van der Waals surface area (Å²) < 4.78 is 6.15. The molecule has 6 nitrogen and oxygen atoms in total. The standard InChI is InChI=1S/C14H14IN3O3/c15-13-9-11(3-6-14(13)18(19)20)17-7-8-21-12-4-1-10(16)2-5-12/h1-6,9,17H,7-8,16H2. The highest BCUT2D eigenvalue weighted by atomic mass is 127. The number of anilines is 2. The van der Waals surface area contributed by atoms with Gasteiger partial charge in [0.15, 0.2) is 0 Å². The number of nitro groups is 1. The van der Waals surface area contributed by atoms with E-state index in [9.17, 15) is 10.1 Å². The predicted octanol–water partition coefficient (Wildman–Crippen LogP) is 3.27. The molecule has 0 saturated heterocycles. The third-order valence-corrected chi connectivity index (χ3v) is 3.59. The molecule has 0 radical (unpaired) electrons. The highest BCUT2D eigenvalue weighted by molar-refractivity contribution is 14.1. The zero-order valence-electron chi connectivity index (χ0n) is 11.1. The highest BCUT2D eigenvalue weighted by Crippen LogP contribution is 2.24. The van der Waals surface area contributed by atoms with Crippen LogP contribution in [0.2, 0.25) is 0 Å². The Hall–Kier alpha value is -2.03. The van der Waals surface area contributed by atoms with Gasteiger partial charge in [-0.2, -0.15) is 0 Å². The van der Waals surface area contributed by atoms with Crippen molar-refractivity contribution in [1.82, 2.24) is 0 Å². The number of nitrogens with two attached hydrogens (primary N) is 1. The molecule has 0 bridgehead atoms. The lowest BCUT2D eigenvalue weighted by Crippen LogP contribution is -2.11. The van der Waals surface area contributed by atoms with Crippen LogP contribution in [0.25, 0.3) is 0 Å². The number of nitrogens with one attached hydrogen (secondary N) is 1. The number of nitro benzene ring substituents is 1. The van der Waals surface area contributed by atoms with Gasteiger partial charge in [0, 0.05) is 24.0 Å². The Kier molecular flexibility index (Phi) is 5.20. The molecule has 2 rings (SSSR count). The number of halogens is 1. The number of benzene rings is 2. The first-order valence-corrected chi connectivity index (χ1v) is 7.30. The van der Waals surface area contributed by atoms with Gasteiger partial charge in [0.2, 0.25) is 0 Å². The molecule has 0 aliphatic carbocycles. The van der Waals surface area contributed by atoms with Crippen molar-refractivity contribution in [3.63, 3.8) is 0 Å². The summed E-state index contributed by atoms with van der Waals surface area (Å²) in [4.78, 5) is 10.3. The van der Waals surface area contributed by atoms with Crippen molar-refractivity contribution < 1.29 is 9.66 Å². The maximum Gasteiger partial charge on any atom is 0.282 e. The second kappa shape index (κ2) is 7.11. The SMILES string of the molecule is Nc1ccc(OCCNc2ccc([N+](=O)[O-])c(I)c2)cc1. The van der Waals surface area contributed by atoms with E-state index in [1.54, 1.807) is 24.3 Å². The highest BCUT2D eigenvalue weighted by Gasteiger charge is 2.11. The number of nitrogen functional groups attached to an aromatic ring is 1. The Balaban J connectivity index is 1.82. The maximum absolute atomic E-state index is 10.7. The fraction of sp³-hybridized carbons (Fsp3) is 0.143. The zero-order valence-corrected chi connectivity index (χ0v) is 13.2. The van der Waals surface area contributed by atoms with Crippen molar-refractivity contribution in [2.75, 3.05) is 24.2 Å². The summed E-state index contributed by atoms with van der Waals surface area (Å²) in [7, 11) is 0. The van der Waals surface area contributed by atoms with Crippen molar-refractivity contribution in [3.8, 4) is 5.75 Å². The second-order valence-electron chi connectivity index (χ2n) is 4.27. The summed E-state index contributed by atoms with van der Waals surface area (Å²) in [6, 6.07) is 12.1. The lowest BCUT2D eigenvalue weighted by Gasteiger charge is -2.09. The third kappa shape index (κ3) is 4.48. The van der Waals surface area contributed by atoms with E-state index in [0.717, 1.165) is 11.4 Å². The van der Waals surface area contributed by atoms with Crippen molar-refractivity contribution >= 4 is 39.7 Å². The molecule has 0 aliphatic heterocycles. The third-order valence-electron chi connectivity index (χ3n) is 2.72. The molecule has 2 aromatic rings. The van der Waals surface area contributed by atoms with Crippen LogP contribution in [0, 0.1) is 13.7 Å². The summed E-state index contributed by atoms with van der Waals surface area (Å²) in [5.74, 6) is 0.754. The van der Waals surface area contributed by atoms with Crippen LogP contribution in [0.15, 0.2) is 42.5 Å². The van der Waals surface area contributed by atoms with E-state index in [1.807, 2.05) is 34.7 Å². The van der Waals surface area contributed by atoms with E-state index >= 15 is 0 Å². The average molecular weight is 399 g/mol. The van der Waals surface area contributed by atoms with Gasteiger partial charge in [0.05, 0.1) is 8.49 Å². The molecule has 0 saturated carbocycles. The molecule has 0 spiro atoms. The Morgan fingerprint density at radius 2 is 1.95 bits per heavy atom. The predicted molar refractivity (Wildman–Crippen MR) is 90.7 cm³/mol. The largest absolute Gasteiger partial charge is 0.492 e. The molecule has 0 fully saturated rings. The van der Waals surface area contributed by atoms with E-state index in [1.165, 1.54) is 6.07 Å². The number of hydrogen-bond acceptors (Lipinski definition) is 5. The van der Waals surface area contributed by atoms with Gasteiger partial charge < -0.3 is 15.8 Å². The minimum absolute atomic E-state index is 0.110. The molecular formula is C14H14IN3O3. The van der Waals surface area contributed by atoms with Crippen LogP contribution in [-0.2, 0) is 0 Å². The quantitative estimate of drug-likeness (QED) is 0.256. The number of ether oxygens (including phenoxy) is 1. The molecule has 2 aromatic carbocycles. The van der Waals surface area contributed by atoms with Crippen LogP contribution < -0.4 is 15.8 Å². The molecule has 0 aromatic heterocycles. The minimum Gasteiger partial charge on any atom is -0.492 e. The molecule has 21 heavy (non-hydrogen) atoms. The molecule has 110 valence electrons. The summed E-state index contributed by atoms with van der Waals surface area (Å²) in [5.41, 5.74) is 7.22. The van der Waals surface area contributed by atoms with Crippen LogP contribution in [0.4, 0.5) is 17.1 Å². The summed E-state index contributed by atoms with van der Waals surface area (Å²) in [6.45, 7) is 1.08. The molecule has 7 heteroatoms. The van der Waals surface area contributed by atoms with E-state index in [-0.39, 0.29) is 5.69 Å². The molecule has 0 amide bonds. The van der Waals surface area contributed by atoms with Crippen molar-refractivity contribution in [2.45, 2.75) is 0 Å². The number of rotatable bonds is 6. The van der Waals surface area contributed by atoms with Crippen molar-refractivity contribution in [1.29, 1.82) is 0 Å². The van der Waals surface area contributed by atoms with Crippen molar-refractivity contribution in [3.05, 3.63) is 56.1 Å². The Bertz CT molecular complexity index is 632. The molecule has 3 N–H and O–H groups in total. The molecule has 0 atom stereocenters. The van der Waals surface area contributed by atoms with Crippen LogP contribution in [0.5, 0.6) is 5.75 Å². The lowest BCUT2D eigenvalue weighted by atomic mass is 10.3. The Labute approximate surface area is 135 Å². The van der Waals surface area contributed by atoms with Crippen molar-refractivity contribution in [2.24, 2.45) is 0 Å². The number of nitrogens with zero attached hydrogens (tertiary/aromatic N) is 1. The van der Waals surface area contributed by atoms with E-state index < -0.39 is 4.92 Å². The van der Waals surface area contributed by atoms with E-state index in [4.69, 9.17) is 10.5 Å². The fourth-order valence-electron chi connectivity index (χ4n) is 1.69. The second-order valence-corrected chi connectivity index (χ2v) is 5.43. The number of hydrogen-bond donors (Lipinski definition) is 2. The van der Waals surface area contributed by atoms with Crippen LogP contribution in [0.1, 0.15) is 0 Å². The van der Waals surface area contributed by atoms with E-state index in [2.05, 4.69) is 5.32 Å². The first kappa shape index (κ1) is 15.4. The van der Waals surface area contributed by atoms with Gasteiger partial charge in [0.1, 0.15) is 12.4 Å². The summed E-state index contributed by atoms with van der Waals surface area (Å²) in [6.07, 6.45) is 0. The normalized spacial score (nSPS) is 10.1. The topological polar surface area (TPSA) is 90.4 Å². The first-order valence-electron chi connectivity index (χ1n) is 6.22. The molecular weight excluding hydrogens is 385 g/mol. The Morgan fingerprint density at radius 1 is 1.24 bits per heavy atom. The zero-order chi connectivity index (χ0) is 15.2. The van der Waals surface area contributed by atoms with E-state index in [0.29, 0.717) is 22.4 Å². The summed E-state index contributed by atoms with van der Waals surface area (Å²) >= 11 is 1.95. The van der Waals surface area contributed by atoms with Gasteiger partial charge in [-0.3, -0.25) is 10.1 Å². The molecule has 0 unspecified atom stereocenters. The van der Waals surface area contributed by atoms with Gasteiger partial charge in [-0.1, -0.05) is 0 Å². The first-order chi connectivity index (χ1) is 10.1. The van der Waals surface area contributed by atoms with Crippen LogP contribution in [0.3, 0.4) is 0 Å². The van der Waals surface area contributed by atoms with Gasteiger partial charge in [-0.15, -0.1) is 0 Å². The van der Waals surface area contributed by atoms with Crippen LogP contribution in [-0.4, -0.2) is 18.1 Å². The lowest BCUT2D eigenvalue weighted by molar-refractivity contribution is -0.385. The average Bonchev–Trinajstić information content (AvgIpc) is 2.45. The van der Waals surface area contributed by atoms with Gasteiger partial charge in [0.25, 0.3) is 5.69 Å². The molecule has 0 aliphatic rings.